The molecule has 0 aliphatic carbocycles. The van der Waals surface area contributed by atoms with Crippen LogP contribution in [-0.4, -0.2) is 29.4 Å². The Bertz CT molecular complexity index is 784. The molecule has 0 fully saturated rings. The number of hydrogen-bond donors (Lipinski definition) is 1. The van der Waals surface area contributed by atoms with Crippen molar-refractivity contribution in [1.82, 2.24) is 0 Å². The summed E-state index contributed by atoms with van der Waals surface area (Å²) in [6.07, 6.45) is -5.12. The first-order chi connectivity index (χ1) is 12.0. The van der Waals surface area contributed by atoms with Crippen molar-refractivity contribution < 1.29 is 32.3 Å². The second kappa shape index (κ2) is 7.76. The highest BCUT2D eigenvalue weighted by Gasteiger charge is 2.46. The Kier molecular flexibility index (Phi) is 6.73. The van der Waals surface area contributed by atoms with Crippen molar-refractivity contribution >= 4 is 45.9 Å². The number of halogens is 4. The number of anilines is 1. The first-order valence-corrected chi connectivity index (χ1v) is 9.01. The molecule has 0 saturated carbocycles. The van der Waals surface area contributed by atoms with E-state index in [1.165, 1.54) is 19.1 Å². The first-order valence-electron chi connectivity index (χ1n) is 7.93. The topological polar surface area (TPSA) is 72.5 Å². The maximum Gasteiger partial charge on any atom is 0.471 e. The van der Waals surface area contributed by atoms with Gasteiger partial charge < -0.3 is 10.1 Å². The summed E-state index contributed by atoms with van der Waals surface area (Å²) in [5, 5.41) is 1.77. The molecule has 1 N–H and O–H groups in total. The third-order valence-corrected chi connectivity index (χ3v) is 5.02. The summed E-state index contributed by atoms with van der Waals surface area (Å²) in [5.74, 6) is -3.73. The van der Waals surface area contributed by atoms with E-state index < -0.39 is 34.9 Å². The van der Waals surface area contributed by atoms with Crippen LogP contribution in [0, 0.1) is 10.5 Å². The number of benzene rings is 1. The van der Waals surface area contributed by atoms with Crippen molar-refractivity contribution in [1.29, 1.82) is 0 Å². The number of alkyl halides is 3. The van der Waals surface area contributed by atoms with Crippen LogP contribution in [0.5, 0.6) is 0 Å². The number of hydrogen-bond acceptors (Lipinski definition) is 4. The molecule has 0 spiro atoms. The van der Waals surface area contributed by atoms with Crippen LogP contribution in [-0.2, 0) is 24.5 Å². The fourth-order valence-electron chi connectivity index (χ4n) is 2.22. The molecule has 27 heavy (non-hydrogen) atoms. The largest absolute Gasteiger partial charge is 0.471 e. The van der Waals surface area contributed by atoms with Gasteiger partial charge in [0.1, 0.15) is 11.0 Å². The van der Waals surface area contributed by atoms with E-state index in [1.807, 2.05) is 22.6 Å². The summed E-state index contributed by atoms with van der Waals surface area (Å²) >= 11 is 1.93. The van der Waals surface area contributed by atoms with E-state index in [1.54, 1.807) is 33.0 Å². The summed E-state index contributed by atoms with van der Waals surface area (Å²) in [5.41, 5.74) is -2.56. The third kappa shape index (κ3) is 5.43. The van der Waals surface area contributed by atoms with E-state index in [0.29, 0.717) is 9.13 Å². The summed E-state index contributed by atoms with van der Waals surface area (Å²) in [7, 11) is 0. The maximum absolute atomic E-state index is 12.8. The molecule has 0 unspecified atom stereocenters. The lowest BCUT2D eigenvalue weighted by Gasteiger charge is -2.31. The molecule has 0 aromatic heterocycles. The summed E-state index contributed by atoms with van der Waals surface area (Å²) in [4.78, 5) is 36.6. The Morgan fingerprint density at radius 1 is 1.07 bits per heavy atom. The van der Waals surface area contributed by atoms with Crippen LogP contribution < -0.4 is 5.32 Å². The quantitative estimate of drug-likeness (QED) is 0.381. The molecular weight excluding hydrogens is 478 g/mol. The van der Waals surface area contributed by atoms with Gasteiger partial charge in [-0.2, -0.15) is 13.2 Å². The summed E-state index contributed by atoms with van der Waals surface area (Å²) in [6.45, 7) is 8.87. The fourth-order valence-corrected chi connectivity index (χ4v) is 2.68. The number of aryl methyl sites for hydroxylation is 1. The van der Waals surface area contributed by atoms with Crippen molar-refractivity contribution in [3.8, 4) is 0 Å². The van der Waals surface area contributed by atoms with Crippen molar-refractivity contribution in [2.24, 2.45) is 0 Å². The van der Waals surface area contributed by atoms with Gasteiger partial charge in [-0.25, -0.2) is 0 Å². The highest BCUT2D eigenvalue weighted by Crippen LogP contribution is 2.37. The SMILES string of the molecule is CC(=O)[C@@](C)(C(=O)OC(C)(C)C)c1cc(I)c(C)cc1NC(=O)C(F)(F)F. The van der Waals surface area contributed by atoms with Gasteiger partial charge in [0.05, 0.1) is 0 Å². The zero-order chi connectivity index (χ0) is 21.4. The second-order valence-electron chi connectivity index (χ2n) is 7.28. The Labute approximate surface area is 169 Å². The molecule has 5 nitrogen and oxygen atoms in total. The van der Waals surface area contributed by atoms with Gasteiger partial charge in [-0.1, -0.05) is 0 Å². The molecule has 1 atom stereocenters. The number of rotatable bonds is 4. The van der Waals surface area contributed by atoms with Crippen LogP contribution in [0.2, 0.25) is 0 Å². The van der Waals surface area contributed by atoms with Gasteiger partial charge in [0.15, 0.2) is 5.78 Å². The van der Waals surface area contributed by atoms with E-state index >= 15 is 0 Å². The average molecular weight is 499 g/mol. The number of nitrogens with one attached hydrogen (secondary N) is 1. The lowest BCUT2D eigenvalue weighted by Crippen LogP contribution is -2.45. The van der Waals surface area contributed by atoms with Crippen LogP contribution in [0.1, 0.15) is 45.7 Å². The molecule has 0 aliphatic rings. The number of ketones is 1. The predicted molar refractivity (Wildman–Crippen MR) is 102 cm³/mol. The molecule has 150 valence electrons. The molecule has 9 heteroatoms. The first kappa shape index (κ1) is 23.4. The zero-order valence-corrected chi connectivity index (χ0v) is 18.0. The predicted octanol–water partition coefficient (Wildman–Crippen LogP) is 4.29. The molecule has 1 amide bonds. The van der Waals surface area contributed by atoms with Crippen LogP contribution in [0.3, 0.4) is 0 Å². The minimum atomic E-state index is -5.12. The molecule has 0 saturated heterocycles. The number of carbonyl (C=O) groups excluding carboxylic acids is 3. The van der Waals surface area contributed by atoms with Crippen LogP contribution in [0.15, 0.2) is 12.1 Å². The number of esters is 1. The van der Waals surface area contributed by atoms with Gasteiger partial charge in [0.2, 0.25) is 0 Å². The molecule has 1 rings (SSSR count). The Hall–Kier alpha value is -1.65. The van der Waals surface area contributed by atoms with Crippen LogP contribution >= 0.6 is 22.6 Å². The van der Waals surface area contributed by atoms with Crippen molar-refractivity contribution in [3.05, 3.63) is 26.8 Å². The molecule has 1 aromatic rings. The molecule has 1 aromatic carbocycles. The van der Waals surface area contributed by atoms with E-state index in [9.17, 15) is 27.6 Å². The lowest BCUT2D eigenvalue weighted by atomic mass is 9.77. The van der Waals surface area contributed by atoms with Crippen LogP contribution in [0.4, 0.5) is 18.9 Å². The average Bonchev–Trinajstić information content (AvgIpc) is 2.46. The molecule has 0 radical (unpaired) electrons. The summed E-state index contributed by atoms with van der Waals surface area (Å²) in [6, 6.07) is 2.71. The van der Waals surface area contributed by atoms with Gasteiger partial charge in [-0.15, -0.1) is 0 Å². The normalized spacial score (nSPS) is 14.3. The van der Waals surface area contributed by atoms with E-state index in [0.717, 1.165) is 6.92 Å². The maximum atomic E-state index is 12.8. The smallest absolute Gasteiger partial charge is 0.459 e. The Morgan fingerprint density at radius 3 is 2.00 bits per heavy atom. The van der Waals surface area contributed by atoms with Gasteiger partial charge in [0, 0.05) is 14.8 Å². The summed E-state index contributed by atoms with van der Waals surface area (Å²) < 4.78 is 44.1. The van der Waals surface area contributed by atoms with Gasteiger partial charge >= 0.3 is 18.1 Å². The standard InChI is InChI=1S/C18H21F3INO4/c1-9-7-13(23-14(25)18(19,20)21)11(8-12(9)22)17(6,10(2)24)15(26)27-16(3,4)5/h7-8H,1-6H3,(H,23,25)/t17-/m1/s1. The van der Waals surface area contributed by atoms with Crippen molar-refractivity contribution in [3.63, 3.8) is 0 Å². The minimum Gasteiger partial charge on any atom is -0.459 e. The monoisotopic (exact) mass is 499 g/mol. The Morgan fingerprint density at radius 2 is 1.59 bits per heavy atom. The number of Topliss-reactive ketones (excluding diaryl/α,β-unsaturated/α-hetero) is 1. The Balaban J connectivity index is 3.63. The minimum absolute atomic E-state index is 0.0585. The molecule has 0 bridgehead atoms. The van der Waals surface area contributed by atoms with Gasteiger partial charge in [-0.3, -0.25) is 14.4 Å². The molecule has 0 aliphatic heterocycles. The second-order valence-corrected chi connectivity index (χ2v) is 8.44. The number of amides is 1. The van der Waals surface area contributed by atoms with E-state index in [-0.39, 0.29) is 11.3 Å². The molecule has 0 heterocycles. The van der Waals surface area contributed by atoms with Crippen molar-refractivity contribution in [2.45, 2.75) is 58.7 Å². The number of ether oxygens (including phenoxy) is 1. The van der Waals surface area contributed by atoms with E-state index in [2.05, 4.69) is 0 Å². The van der Waals surface area contributed by atoms with E-state index in [4.69, 9.17) is 4.74 Å². The number of carbonyl (C=O) groups is 3. The fraction of sp³-hybridized carbons (Fsp3) is 0.500. The lowest BCUT2D eigenvalue weighted by molar-refractivity contribution is -0.167. The van der Waals surface area contributed by atoms with Gasteiger partial charge in [-0.05, 0) is 81.8 Å². The van der Waals surface area contributed by atoms with Crippen molar-refractivity contribution in [2.75, 3.05) is 5.32 Å². The third-order valence-electron chi connectivity index (χ3n) is 3.85. The zero-order valence-electron chi connectivity index (χ0n) is 15.8. The van der Waals surface area contributed by atoms with Crippen LogP contribution in [0.25, 0.3) is 0 Å². The van der Waals surface area contributed by atoms with Gasteiger partial charge in [0.25, 0.3) is 0 Å². The highest BCUT2D eigenvalue weighted by atomic mass is 127. The highest BCUT2D eigenvalue weighted by molar-refractivity contribution is 14.1. The molecular formula is C18H21F3INO4.